The number of phenols is 1. The van der Waals surface area contributed by atoms with E-state index in [0.717, 1.165) is 0 Å². The molecule has 0 saturated carbocycles. The van der Waals surface area contributed by atoms with Crippen molar-refractivity contribution in [3.63, 3.8) is 0 Å². The molecule has 0 bridgehead atoms. The molecular weight excluding hydrogens is 204 g/mol. The molecule has 4 heteroatoms. The molecule has 0 aliphatic heterocycles. The zero-order chi connectivity index (χ0) is 11.5. The summed E-state index contributed by atoms with van der Waals surface area (Å²) in [6.07, 6.45) is 1.65. The molecule has 0 amide bonds. The maximum atomic E-state index is 11.9. The van der Waals surface area contributed by atoms with Crippen LogP contribution in [0.3, 0.4) is 0 Å². The summed E-state index contributed by atoms with van der Waals surface area (Å²) < 4.78 is 1.46. The van der Waals surface area contributed by atoms with E-state index >= 15 is 0 Å². The van der Waals surface area contributed by atoms with Gasteiger partial charge < -0.3 is 10.8 Å². The van der Waals surface area contributed by atoms with Gasteiger partial charge in [0.15, 0.2) is 0 Å². The van der Waals surface area contributed by atoms with Crippen molar-refractivity contribution in [3.8, 4) is 11.4 Å². The maximum Gasteiger partial charge on any atom is 0.259 e. The summed E-state index contributed by atoms with van der Waals surface area (Å²) in [5, 5.41) is 9.35. The molecule has 0 fully saturated rings. The summed E-state index contributed by atoms with van der Waals surface area (Å²) in [6.45, 7) is 0.207. The molecule has 2 rings (SSSR count). The Hall–Kier alpha value is -2.07. The number of benzene rings is 1. The third-order valence-corrected chi connectivity index (χ3v) is 2.35. The third kappa shape index (κ3) is 1.83. The van der Waals surface area contributed by atoms with Crippen LogP contribution in [-0.4, -0.2) is 9.67 Å². The van der Waals surface area contributed by atoms with Crippen LogP contribution in [-0.2, 0) is 6.54 Å². The molecule has 2 aromatic rings. The van der Waals surface area contributed by atoms with E-state index in [1.807, 2.05) is 0 Å². The van der Waals surface area contributed by atoms with Crippen LogP contribution in [0.25, 0.3) is 5.69 Å². The Morgan fingerprint density at radius 3 is 2.75 bits per heavy atom. The third-order valence-electron chi connectivity index (χ3n) is 2.35. The van der Waals surface area contributed by atoms with Gasteiger partial charge in [0.25, 0.3) is 5.56 Å². The Labute approximate surface area is 92.6 Å². The fourth-order valence-corrected chi connectivity index (χ4v) is 1.54. The van der Waals surface area contributed by atoms with E-state index in [1.54, 1.807) is 36.5 Å². The highest BCUT2D eigenvalue weighted by Gasteiger charge is 2.03. The molecule has 1 heterocycles. The molecule has 82 valence electrons. The Morgan fingerprint density at radius 1 is 1.25 bits per heavy atom. The number of hydrogen-bond acceptors (Lipinski definition) is 3. The number of nitrogens with zero attached hydrogens (tertiary/aromatic N) is 1. The van der Waals surface area contributed by atoms with Gasteiger partial charge in [0.2, 0.25) is 0 Å². The fraction of sp³-hybridized carbons (Fsp3) is 0.0833. The minimum Gasteiger partial charge on any atom is -0.508 e. The summed E-state index contributed by atoms with van der Waals surface area (Å²) in [7, 11) is 0. The van der Waals surface area contributed by atoms with E-state index < -0.39 is 0 Å². The van der Waals surface area contributed by atoms with Gasteiger partial charge in [-0.05, 0) is 18.2 Å². The summed E-state index contributed by atoms with van der Waals surface area (Å²) in [4.78, 5) is 11.9. The highest BCUT2D eigenvalue weighted by atomic mass is 16.3. The van der Waals surface area contributed by atoms with Gasteiger partial charge in [-0.3, -0.25) is 9.36 Å². The Morgan fingerprint density at radius 2 is 2.06 bits per heavy atom. The quantitative estimate of drug-likeness (QED) is 0.787. The molecule has 0 aliphatic rings. The highest BCUT2D eigenvalue weighted by Crippen LogP contribution is 2.13. The van der Waals surface area contributed by atoms with E-state index in [1.165, 1.54) is 10.6 Å². The van der Waals surface area contributed by atoms with Gasteiger partial charge in [-0.1, -0.05) is 12.1 Å². The predicted molar refractivity (Wildman–Crippen MR) is 61.6 cm³/mol. The molecule has 0 saturated heterocycles. The smallest absolute Gasteiger partial charge is 0.259 e. The lowest BCUT2D eigenvalue weighted by Gasteiger charge is -2.07. The molecule has 1 aromatic carbocycles. The number of aromatic hydroxyl groups is 1. The SMILES string of the molecule is NCc1cccn(-c2cccc(O)c2)c1=O. The zero-order valence-electron chi connectivity index (χ0n) is 8.63. The van der Waals surface area contributed by atoms with Crippen molar-refractivity contribution in [2.75, 3.05) is 0 Å². The minimum atomic E-state index is -0.157. The van der Waals surface area contributed by atoms with Crippen LogP contribution < -0.4 is 11.3 Å². The standard InChI is InChI=1S/C12H12N2O2/c13-8-9-3-2-6-14(12(9)16)10-4-1-5-11(15)7-10/h1-7,15H,8,13H2. The Kier molecular flexibility index (Phi) is 2.74. The minimum absolute atomic E-state index is 0.127. The van der Waals surface area contributed by atoms with Crippen LogP contribution >= 0.6 is 0 Å². The lowest BCUT2D eigenvalue weighted by Crippen LogP contribution is -2.23. The Balaban J connectivity index is 2.61. The van der Waals surface area contributed by atoms with Crippen molar-refractivity contribution in [1.82, 2.24) is 4.57 Å². The van der Waals surface area contributed by atoms with Gasteiger partial charge >= 0.3 is 0 Å². The van der Waals surface area contributed by atoms with Crippen molar-refractivity contribution < 1.29 is 5.11 Å². The zero-order valence-corrected chi connectivity index (χ0v) is 8.63. The molecule has 3 N–H and O–H groups in total. The molecule has 0 radical (unpaired) electrons. The second kappa shape index (κ2) is 4.20. The van der Waals surface area contributed by atoms with Crippen LogP contribution in [0, 0.1) is 0 Å². The average molecular weight is 216 g/mol. The van der Waals surface area contributed by atoms with Crippen molar-refractivity contribution in [1.29, 1.82) is 0 Å². The monoisotopic (exact) mass is 216 g/mol. The van der Waals surface area contributed by atoms with Crippen LogP contribution in [0.5, 0.6) is 5.75 Å². The van der Waals surface area contributed by atoms with Crippen molar-refractivity contribution >= 4 is 0 Å². The summed E-state index contributed by atoms with van der Waals surface area (Å²) >= 11 is 0. The highest BCUT2D eigenvalue weighted by molar-refractivity contribution is 5.39. The molecule has 0 aliphatic carbocycles. The molecule has 16 heavy (non-hydrogen) atoms. The van der Waals surface area contributed by atoms with E-state index in [2.05, 4.69) is 0 Å². The number of nitrogens with two attached hydrogens (primary N) is 1. The molecule has 0 spiro atoms. The first-order chi connectivity index (χ1) is 7.72. The second-order valence-corrected chi connectivity index (χ2v) is 3.43. The van der Waals surface area contributed by atoms with Crippen LogP contribution in [0.15, 0.2) is 47.4 Å². The molecule has 0 unspecified atom stereocenters. The number of hydrogen-bond donors (Lipinski definition) is 2. The number of aromatic nitrogens is 1. The first kappa shape index (κ1) is 10.4. The van der Waals surface area contributed by atoms with E-state index in [-0.39, 0.29) is 17.9 Å². The van der Waals surface area contributed by atoms with E-state index in [4.69, 9.17) is 5.73 Å². The first-order valence-electron chi connectivity index (χ1n) is 4.92. The molecule has 4 nitrogen and oxygen atoms in total. The van der Waals surface area contributed by atoms with E-state index in [9.17, 15) is 9.90 Å². The number of pyridine rings is 1. The van der Waals surface area contributed by atoms with Crippen molar-refractivity contribution in [3.05, 3.63) is 58.5 Å². The van der Waals surface area contributed by atoms with Gasteiger partial charge in [0, 0.05) is 24.4 Å². The lowest BCUT2D eigenvalue weighted by molar-refractivity contribution is 0.475. The second-order valence-electron chi connectivity index (χ2n) is 3.43. The van der Waals surface area contributed by atoms with Gasteiger partial charge in [-0.25, -0.2) is 0 Å². The summed E-state index contributed by atoms with van der Waals surface area (Å²) in [5.41, 5.74) is 6.48. The Bertz CT molecular complexity index is 561. The van der Waals surface area contributed by atoms with Crippen LogP contribution in [0.2, 0.25) is 0 Å². The maximum absolute atomic E-state index is 11.9. The van der Waals surface area contributed by atoms with Gasteiger partial charge in [0.1, 0.15) is 5.75 Å². The predicted octanol–water partition coefficient (Wildman–Crippen LogP) is 1.00. The van der Waals surface area contributed by atoms with Crippen molar-refractivity contribution in [2.24, 2.45) is 5.73 Å². The molecular formula is C12H12N2O2. The van der Waals surface area contributed by atoms with Crippen LogP contribution in [0.1, 0.15) is 5.56 Å². The first-order valence-corrected chi connectivity index (χ1v) is 4.92. The van der Waals surface area contributed by atoms with E-state index in [0.29, 0.717) is 11.3 Å². The largest absolute Gasteiger partial charge is 0.508 e. The fourth-order valence-electron chi connectivity index (χ4n) is 1.54. The summed E-state index contributed by atoms with van der Waals surface area (Å²) in [6, 6.07) is 9.98. The van der Waals surface area contributed by atoms with Crippen LogP contribution in [0.4, 0.5) is 0 Å². The topological polar surface area (TPSA) is 68.2 Å². The van der Waals surface area contributed by atoms with Crippen molar-refractivity contribution in [2.45, 2.75) is 6.54 Å². The molecule has 1 aromatic heterocycles. The van der Waals surface area contributed by atoms with Gasteiger partial charge in [-0.15, -0.1) is 0 Å². The normalized spacial score (nSPS) is 10.3. The lowest BCUT2D eigenvalue weighted by atomic mass is 10.2. The van der Waals surface area contributed by atoms with Gasteiger partial charge in [-0.2, -0.15) is 0 Å². The number of phenolic OH excluding ortho intramolecular Hbond substituents is 1. The summed E-state index contributed by atoms with van der Waals surface area (Å²) in [5.74, 6) is 0.127. The van der Waals surface area contributed by atoms with Gasteiger partial charge in [0.05, 0.1) is 5.69 Å². The molecule has 0 atom stereocenters. The average Bonchev–Trinajstić information content (AvgIpc) is 2.29. The number of rotatable bonds is 2.